The van der Waals surface area contributed by atoms with Crippen LogP contribution in [0.2, 0.25) is 0 Å². The molecule has 1 aromatic carbocycles. The fourth-order valence-electron chi connectivity index (χ4n) is 4.23. The summed E-state index contributed by atoms with van der Waals surface area (Å²) in [6.07, 6.45) is 1.68. The van der Waals surface area contributed by atoms with Crippen molar-refractivity contribution in [1.29, 1.82) is 0 Å². The molecule has 4 rings (SSSR count). The summed E-state index contributed by atoms with van der Waals surface area (Å²) in [5, 5.41) is 8.18. The number of nitrogens with one attached hydrogen (secondary N) is 3. The van der Waals surface area contributed by atoms with Crippen molar-refractivity contribution in [3.8, 4) is 23.0 Å². The van der Waals surface area contributed by atoms with Gasteiger partial charge in [-0.2, -0.15) is 8.78 Å². The summed E-state index contributed by atoms with van der Waals surface area (Å²) in [6, 6.07) is 3.02. The van der Waals surface area contributed by atoms with Gasteiger partial charge >= 0.3 is 18.8 Å². The number of alkyl halides is 2. The normalized spacial score (nSPS) is 18.9. The molecule has 2 aromatic rings. The molecular weight excluding hydrogens is 558 g/mol. The van der Waals surface area contributed by atoms with Gasteiger partial charge in [0.05, 0.1) is 19.8 Å². The minimum absolute atomic E-state index is 0.00621. The number of rotatable bonds is 11. The van der Waals surface area contributed by atoms with Crippen molar-refractivity contribution in [1.82, 2.24) is 20.9 Å². The predicted molar refractivity (Wildman–Crippen MR) is 144 cm³/mol. The highest BCUT2D eigenvalue weighted by Crippen LogP contribution is 2.37. The van der Waals surface area contributed by atoms with Crippen LogP contribution >= 0.6 is 0 Å². The Kier molecular flexibility index (Phi) is 9.42. The third-order valence-corrected chi connectivity index (χ3v) is 6.55. The lowest BCUT2D eigenvalue weighted by Crippen LogP contribution is -2.53. The van der Waals surface area contributed by atoms with Crippen molar-refractivity contribution in [2.24, 2.45) is 5.92 Å². The lowest BCUT2D eigenvalue weighted by Gasteiger charge is -2.35. The number of hydrogen-bond donors (Lipinski definition) is 3. The summed E-state index contributed by atoms with van der Waals surface area (Å²) in [7, 11) is 1.27. The smallest absolute Gasteiger partial charge is 0.408 e. The van der Waals surface area contributed by atoms with E-state index in [2.05, 4.69) is 30.4 Å². The number of nitrogens with zero attached hydrogens (tertiary/aromatic N) is 1. The Balaban J connectivity index is 1.58. The van der Waals surface area contributed by atoms with Crippen LogP contribution in [0.25, 0.3) is 11.5 Å². The van der Waals surface area contributed by atoms with E-state index < -0.39 is 36.3 Å². The van der Waals surface area contributed by atoms with E-state index in [4.69, 9.17) is 13.9 Å². The molecule has 2 aliphatic carbocycles. The van der Waals surface area contributed by atoms with E-state index in [9.17, 15) is 23.2 Å². The second kappa shape index (κ2) is 12.8. The van der Waals surface area contributed by atoms with Crippen LogP contribution in [0.5, 0.6) is 11.5 Å². The maximum Gasteiger partial charge on any atom is 0.408 e. The van der Waals surface area contributed by atoms with Gasteiger partial charge < -0.3 is 39.3 Å². The van der Waals surface area contributed by atoms with Crippen molar-refractivity contribution in [2.45, 2.75) is 83.7 Å². The van der Waals surface area contributed by atoms with Crippen LogP contribution < -0.4 is 25.4 Å². The largest absolute Gasteiger partial charge is 0.489 e. The molecule has 0 spiro atoms. The molecule has 1 aromatic heterocycles. The molecule has 0 aliphatic heterocycles. The van der Waals surface area contributed by atoms with E-state index in [0.29, 0.717) is 30.9 Å². The summed E-state index contributed by atoms with van der Waals surface area (Å²) >= 11 is 0. The fourth-order valence-corrected chi connectivity index (χ4v) is 4.23. The van der Waals surface area contributed by atoms with E-state index in [1.807, 2.05) is 0 Å². The minimum atomic E-state index is -3.04. The Morgan fingerprint density at radius 1 is 1.07 bits per heavy atom. The average Bonchev–Trinajstić information content (AvgIpc) is 3.60. The van der Waals surface area contributed by atoms with Gasteiger partial charge in [0.2, 0.25) is 5.89 Å². The zero-order valence-corrected chi connectivity index (χ0v) is 24.1. The number of ether oxygens (including phenoxy) is 4. The first-order valence-electron chi connectivity index (χ1n) is 13.7. The van der Waals surface area contributed by atoms with Crippen LogP contribution in [0.1, 0.15) is 75.7 Å². The van der Waals surface area contributed by atoms with Crippen LogP contribution in [-0.4, -0.2) is 61.1 Å². The highest BCUT2D eigenvalue weighted by Gasteiger charge is 2.34. The summed E-state index contributed by atoms with van der Waals surface area (Å²) < 4.78 is 52.3. The zero-order chi connectivity index (χ0) is 30.6. The molecule has 230 valence electrons. The summed E-state index contributed by atoms with van der Waals surface area (Å²) in [6.45, 7) is 4.05. The molecule has 42 heavy (non-hydrogen) atoms. The number of oxazole rings is 1. The van der Waals surface area contributed by atoms with Crippen molar-refractivity contribution >= 4 is 18.1 Å². The number of aromatic nitrogens is 1. The second-order valence-electron chi connectivity index (χ2n) is 11.4. The van der Waals surface area contributed by atoms with Gasteiger partial charge in [0.15, 0.2) is 23.0 Å². The third kappa shape index (κ3) is 8.46. The van der Waals surface area contributed by atoms with Gasteiger partial charge in [-0.3, -0.25) is 4.79 Å². The highest BCUT2D eigenvalue weighted by atomic mass is 19.3. The van der Waals surface area contributed by atoms with Crippen LogP contribution in [-0.2, 0) is 9.47 Å². The lowest BCUT2D eigenvalue weighted by molar-refractivity contribution is -0.0515. The first kappa shape index (κ1) is 30.8. The summed E-state index contributed by atoms with van der Waals surface area (Å²) in [5.74, 6) is -0.187. The number of amides is 3. The maximum atomic E-state index is 13.3. The van der Waals surface area contributed by atoms with E-state index in [-0.39, 0.29) is 40.9 Å². The van der Waals surface area contributed by atoms with Crippen LogP contribution in [0, 0.1) is 5.92 Å². The lowest BCUT2D eigenvalue weighted by atomic mass is 9.86. The van der Waals surface area contributed by atoms with Gasteiger partial charge in [-0.15, -0.1) is 0 Å². The van der Waals surface area contributed by atoms with Crippen LogP contribution in [0.4, 0.5) is 18.4 Å². The minimum Gasteiger partial charge on any atom is -0.489 e. The Morgan fingerprint density at radius 2 is 1.76 bits per heavy atom. The van der Waals surface area contributed by atoms with Gasteiger partial charge in [-0.1, -0.05) is 0 Å². The van der Waals surface area contributed by atoms with Crippen LogP contribution in [0.15, 0.2) is 22.6 Å². The van der Waals surface area contributed by atoms with Crippen molar-refractivity contribution in [3.63, 3.8) is 0 Å². The monoisotopic (exact) mass is 594 g/mol. The van der Waals surface area contributed by atoms with Gasteiger partial charge in [-0.05, 0) is 77.5 Å². The first-order chi connectivity index (χ1) is 19.8. The third-order valence-electron chi connectivity index (χ3n) is 6.55. The van der Waals surface area contributed by atoms with Crippen LogP contribution in [0.3, 0.4) is 0 Å². The molecule has 0 bridgehead atoms. The van der Waals surface area contributed by atoms with E-state index in [1.165, 1.54) is 25.3 Å². The fraction of sp³-hybridized carbons (Fsp3) is 0.571. The van der Waals surface area contributed by atoms with Gasteiger partial charge in [0.1, 0.15) is 5.60 Å². The number of alkyl carbamates (subject to hydrolysis) is 2. The molecule has 1 atom stereocenters. The number of methoxy groups -OCH3 is 1. The van der Waals surface area contributed by atoms with E-state index in [0.717, 1.165) is 12.8 Å². The molecule has 3 amide bonds. The molecule has 2 aliphatic rings. The number of carbonyl (C=O) groups excluding carboxylic acids is 3. The molecule has 2 saturated carbocycles. The Labute approximate surface area is 241 Å². The summed E-state index contributed by atoms with van der Waals surface area (Å²) in [5.41, 5.74) is -0.487. The molecule has 3 N–H and O–H groups in total. The highest BCUT2D eigenvalue weighted by molar-refractivity contribution is 5.94. The van der Waals surface area contributed by atoms with E-state index in [1.54, 1.807) is 27.7 Å². The topological polar surface area (TPSA) is 150 Å². The SMILES string of the molecule is COC(=O)NC1CC(NC(=O)c2nc(-c3ccc(OC(F)F)c(OCC4CC4)c3)oc2C(C)NC(=O)OC(C)(C)C)C1. The zero-order valence-electron chi connectivity index (χ0n) is 24.1. The van der Waals surface area contributed by atoms with Gasteiger partial charge in [0.25, 0.3) is 5.91 Å². The summed E-state index contributed by atoms with van der Waals surface area (Å²) in [4.78, 5) is 41.6. The molecular formula is C28H36F2N4O8. The molecule has 14 heteroatoms. The second-order valence-corrected chi connectivity index (χ2v) is 11.4. The first-order valence-corrected chi connectivity index (χ1v) is 13.7. The molecule has 2 fully saturated rings. The van der Waals surface area contributed by atoms with E-state index >= 15 is 0 Å². The predicted octanol–water partition coefficient (Wildman–Crippen LogP) is 4.93. The van der Waals surface area contributed by atoms with Gasteiger partial charge in [-0.25, -0.2) is 14.6 Å². The molecule has 0 saturated heterocycles. The number of benzene rings is 1. The van der Waals surface area contributed by atoms with Crippen molar-refractivity contribution < 1.29 is 46.5 Å². The maximum absolute atomic E-state index is 13.3. The quantitative estimate of drug-likeness (QED) is 0.329. The Morgan fingerprint density at radius 3 is 2.38 bits per heavy atom. The van der Waals surface area contributed by atoms with Crippen molar-refractivity contribution in [2.75, 3.05) is 13.7 Å². The number of halogens is 2. The number of hydrogen-bond acceptors (Lipinski definition) is 9. The molecule has 1 heterocycles. The Bertz CT molecular complexity index is 1290. The molecule has 12 nitrogen and oxygen atoms in total. The van der Waals surface area contributed by atoms with Crippen molar-refractivity contribution in [3.05, 3.63) is 29.7 Å². The standard InChI is InChI=1S/C28H36F2N4O8/c1-14(31-27(37)42-28(2,3)4)22-21(23(35)32-17-11-18(12-17)33-26(36)38-5)34-24(41-22)16-8-9-19(40-25(29)30)20(10-16)39-13-15-6-7-15/h8-10,14-15,17-18,25H,6-7,11-13H2,1-5H3,(H,31,37)(H,32,35)(H,33,36). The molecule has 0 radical (unpaired) electrons. The average molecular weight is 595 g/mol. The van der Waals surface area contributed by atoms with Gasteiger partial charge in [0, 0.05) is 17.6 Å². The Hall–Kier alpha value is -4.10. The number of carbonyl (C=O) groups is 3. The molecule has 1 unspecified atom stereocenters.